The van der Waals surface area contributed by atoms with Gasteiger partial charge in [-0.15, -0.1) is 0 Å². The predicted molar refractivity (Wildman–Crippen MR) is 108 cm³/mol. The van der Waals surface area contributed by atoms with Crippen LogP contribution in [0.25, 0.3) is 0 Å². The molecule has 1 fully saturated rings. The van der Waals surface area contributed by atoms with Gasteiger partial charge in [0.05, 0.1) is 24.2 Å². The van der Waals surface area contributed by atoms with E-state index in [4.69, 9.17) is 21.1 Å². The van der Waals surface area contributed by atoms with Crippen molar-refractivity contribution in [3.63, 3.8) is 0 Å². The number of carbonyl (C=O) groups excluding carboxylic acids is 2. The first-order chi connectivity index (χ1) is 13.0. The Balaban J connectivity index is 1.82. The quantitative estimate of drug-likeness (QED) is 0.652. The molecule has 1 saturated heterocycles. The van der Waals surface area contributed by atoms with E-state index >= 15 is 0 Å². The van der Waals surface area contributed by atoms with E-state index in [1.807, 2.05) is 32.0 Å². The fourth-order valence-corrected chi connectivity index (χ4v) is 4.08. The van der Waals surface area contributed by atoms with Gasteiger partial charge in [0.1, 0.15) is 11.5 Å². The standard InChI is InChI=1S/C20H20ClNO4S/c1-3-25-16-9-8-13(17(12-16)26-4-2)10-18-19(23)22(20(24)27-18)15-7-5-6-14(21)11-15/h5-9,11-12,18H,3-4,10H2,1-2H3/t18-/m1/s1. The Hall–Kier alpha value is -2.18. The highest BCUT2D eigenvalue weighted by atomic mass is 35.5. The third-order valence-corrected chi connectivity index (χ3v) is 5.31. The van der Waals surface area contributed by atoms with E-state index in [2.05, 4.69) is 0 Å². The molecule has 0 aromatic heterocycles. The van der Waals surface area contributed by atoms with Gasteiger partial charge in [0, 0.05) is 11.1 Å². The highest BCUT2D eigenvalue weighted by molar-refractivity contribution is 8.15. The van der Waals surface area contributed by atoms with Gasteiger partial charge in [0.25, 0.3) is 5.24 Å². The fraction of sp³-hybridized carbons (Fsp3) is 0.300. The Morgan fingerprint density at radius 1 is 1.07 bits per heavy atom. The summed E-state index contributed by atoms with van der Waals surface area (Å²) in [6, 6.07) is 12.3. The van der Waals surface area contributed by atoms with Crippen LogP contribution in [0.4, 0.5) is 10.5 Å². The van der Waals surface area contributed by atoms with Gasteiger partial charge in [-0.2, -0.15) is 0 Å². The summed E-state index contributed by atoms with van der Waals surface area (Å²) in [5.74, 6) is 1.14. The van der Waals surface area contributed by atoms with Crippen LogP contribution in [0.5, 0.6) is 11.5 Å². The van der Waals surface area contributed by atoms with E-state index < -0.39 is 5.25 Å². The fourth-order valence-electron chi connectivity index (χ4n) is 2.89. The lowest BCUT2D eigenvalue weighted by Gasteiger charge is -2.16. The molecule has 0 spiro atoms. The highest BCUT2D eigenvalue weighted by Crippen LogP contribution is 2.36. The first-order valence-corrected chi connectivity index (χ1v) is 9.98. The predicted octanol–water partition coefficient (Wildman–Crippen LogP) is 4.95. The zero-order chi connectivity index (χ0) is 19.4. The lowest BCUT2D eigenvalue weighted by atomic mass is 10.1. The second kappa shape index (κ2) is 8.67. The third kappa shape index (κ3) is 4.39. The lowest BCUT2D eigenvalue weighted by Crippen LogP contribution is -2.32. The summed E-state index contributed by atoms with van der Waals surface area (Å²) in [7, 11) is 0. The van der Waals surface area contributed by atoms with Crippen molar-refractivity contribution in [1.82, 2.24) is 0 Å². The zero-order valence-electron chi connectivity index (χ0n) is 15.1. The number of amides is 2. The molecule has 1 atom stereocenters. The number of hydrogen-bond acceptors (Lipinski definition) is 5. The lowest BCUT2D eigenvalue weighted by molar-refractivity contribution is -0.117. The van der Waals surface area contributed by atoms with Crippen LogP contribution in [-0.2, 0) is 11.2 Å². The van der Waals surface area contributed by atoms with Gasteiger partial charge in [-0.3, -0.25) is 9.59 Å². The minimum Gasteiger partial charge on any atom is -0.494 e. The van der Waals surface area contributed by atoms with Crippen molar-refractivity contribution < 1.29 is 19.1 Å². The van der Waals surface area contributed by atoms with E-state index in [0.717, 1.165) is 17.3 Å². The van der Waals surface area contributed by atoms with E-state index in [9.17, 15) is 9.59 Å². The molecule has 0 bridgehead atoms. The monoisotopic (exact) mass is 405 g/mol. The molecule has 0 unspecified atom stereocenters. The summed E-state index contributed by atoms with van der Waals surface area (Å²) < 4.78 is 11.2. The number of rotatable bonds is 7. The van der Waals surface area contributed by atoms with Crippen molar-refractivity contribution in [2.24, 2.45) is 0 Å². The van der Waals surface area contributed by atoms with E-state index in [1.165, 1.54) is 4.90 Å². The average Bonchev–Trinajstić information content (AvgIpc) is 2.91. The molecule has 0 aliphatic carbocycles. The van der Waals surface area contributed by atoms with Gasteiger partial charge in [0.2, 0.25) is 5.91 Å². The Kier molecular flexibility index (Phi) is 6.29. The SMILES string of the molecule is CCOc1ccc(C[C@H]2SC(=O)N(c3cccc(Cl)c3)C2=O)c(OCC)c1. The Morgan fingerprint density at radius 2 is 1.85 bits per heavy atom. The summed E-state index contributed by atoms with van der Waals surface area (Å²) in [5.41, 5.74) is 1.36. The Labute approximate surface area is 167 Å². The minimum absolute atomic E-state index is 0.247. The number of ether oxygens (including phenoxy) is 2. The van der Waals surface area contributed by atoms with Crippen molar-refractivity contribution in [3.8, 4) is 11.5 Å². The average molecular weight is 406 g/mol. The molecule has 5 nitrogen and oxygen atoms in total. The van der Waals surface area contributed by atoms with Crippen LogP contribution in [0.1, 0.15) is 19.4 Å². The molecular formula is C20H20ClNO4S. The number of thioether (sulfide) groups is 1. The third-order valence-electron chi connectivity index (χ3n) is 4.04. The van der Waals surface area contributed by atoms with E-state index in [0.29, 0.717) is 41.8 Å². The van der Waals surface area contributed by atoms with Gasteiger partial charge in [-0.25, -0.2) is 4.90 Å². The van der Waals surface area contributed by atoms with E-state index in [-0.39, 0.29) is 11.1 Å². The topological polar surface area (TPSA) is 55.8 Å². The molecule has 1 aliphatic heterocycles. The normalized spacial score (nSPS) is 16.7. The summed E-state index contributed by atoms with van der Waals surface area (Å²) in [5, 5.41) is -0.323. The number of carbonyl (C=O) groups is 2. The smallest absolute Gasteiger partial charge is 0.293 e. The van der Waals surface area contributed by atoms with Crippen LogP contribution < -0.4 is 14.4 Å². The molecular weight excluding hydrogens is 386 g/mol. The van der Waals surface area contributed by atoms with Gasteiger partial charge in [0.15, 0.2) is 0 Å². The molecule has 3 rings (SSSR count). The Bertz CT molecular complexity index is 858. The number of benzene rings is 2. The van der Waals surface area contributed by atoms with Crippen LogP contribution in [0.3, 0.4) is 0 Å². The molecule has 2 amide bonds. The van der Waals surface area contributed by atoms with Crippen molar-refractivity contribution in [3.05, 3.63) is 53.1 Å². The Morgan fingerprint density at radius 3 is 2.56 bits per heavy atom. The summed E-state index contributed by atoms with van der Waals surface area (Å²) in [6.45, 7) is 4.88. The number of hydrogen-bond donors (Lipinski definition) is 0. The maximum Gasteiger partial charge on any atom is 0.293 e. The van der Waals surface area contributed by atoms with Crippen molar-refractivity contribution in [2.75, 3.05) is 18.1 Å². The van der Waals surface area contributed by atoms with Crippen molar-refractivity contribution >= 4 is 40.2 Å². The zero-order valence-corrected chi connectivity index (χ0v) is 16.7. The van der Waals surface area contributed by atoms with Crippen LogP contribution >= 0.6 is 23.4 Å². The molecule has 2 aromatic rings. The van der Waals surface area contributed by atoms with Crippen LogP contribution in [0.15, 0.2) is 42.5 Å². The van der Waals surface area contributed by atoms with Crippen LogP contribution in [0.2, 0.25) is 5.02 Å². The molecule has 27 heavy (non-hydrogen) atoms. The van der Waals surface area contributed by atoms with Gasteiger partial charge in [-0.1, -0.05) is 35.5 Å². The molecule has 1 aliphatic rings. The minimum atomic E-state index is -0.506. The van der Waals surface area contributed by atoms with Crippen LogP contribution in [0, 0.1) is 0 Å². The molecule has 2 aromatic carbocycles. The molecule has 7 heteroatoms. The summed E-state index contributed by atoms with van der Waals surface area (Å²) in [6.07, 6.45) is 0.397. The maximum absolute atomic E-state index is 12.8. The molecule has 0 saturated carbocycles. The first kappa shape index (κ1) is 19.6. The summed E-state index contributed by atoms with van der Waals surface area (Å²) >= 11 is 7.02. The second-order valence-corrected chi connectivity index (χ2v) is 7.46. The summed E-state index contributed by atoms with van der Waals surface area (Å²) in [4.78, 5) is 26.5. The van der Waals surface area contributed by atoms with Gasteiger partial charge in [-0.05, 0) is 50.1 Å². The molecule has 0 radical (unpaired) electrons. The van der Waals surface area contributed by atoms with Gasteiger partial charge < -0.3 is 9.47 Å². The van der Waals surface area contributed by atoms with Crippen molar-refractivity contribution in [2.45, 2.75) is 25.5 Å². The highest BCUT2D eigenvalue weighted by Gasteiger charge is 2.40. The van der Waals surface area contributed by atoms with Crippen molar-refractivity contribution in [1.29, 1.82) is 0 Å². The first-order valence-electron chi connectivity index (χ1n) is 8.72. The van der Waals surface area contributed by atoms with Gasteiger partial charge >= 0.3 is 0 Å². The maximum atomic E-state index is 12.8. The molecule has 1 heterocycles. The van der Waals surface area contributed by atoms with E-state index in [1.54, 1.807) is 24.3 Å². The largest absolute Gasteiger partial charge is 0.494 e. The molecule has 0 N–H and O–H groups in total. The number of halogens is 1. The number of nitrogens with zero attached hydrogens (tertiary/aromatic N) is 1. The van der Waals surface area contributed by atoms with Crippen LogP contribution in [-0.4, -0.2) is 29.6 Å². The molecule has 142 valence electrons. The number of imide groups is 1. The number of anilines is 1. The second-order valence-electron chi connectivity index (χ2n) is 5.87.